The molecule has 0 saturated heterocycles. The summed E-state index contributed by atoms with van der Waals surface area (Å²) in [6.45, 7) is 2.03. The molecule has 1 aromatic carbocycles. The Balaban J connectivity index is 2.44. The van der Waals surface area contributed by atoms with E-state index in [0.29, 0.717) is 32.4 Å². The Bertz CT molecular complexity index is 628. The van der Waals surface area contributed by atoms with Crippen LogP contribution in [-0.4, -0.2) is 22.8 Å². The third-order valence-corrected chi connectivity index (χ3v) is 3.69. The van der Waals surface area contributed by atoms with Crippen LogP contribution >= 0.6 is 39.1 Å². The number of carbonyl (C=O) groups excluding carboxylic acids is 1. The Morgan fingerprint density at radius 3 is 2.84 bits per heavy atom. The number of carbonyl (C=O) groups is 1. The molecule has 19 heavy (non-hydrogen) atoms. The van der Waals surface area contributed by atoms with Gasteiger partial charge in [0.05, 0.1) is 16.1 Å². The summed E-state index contributed by atoms with van der Waals surface area (Å²) in [5, 5.41) is 7.70. The highest BCUT2D eigenvalue weighted by Gasteiger charge is 2.20. The molecule has 2 aromatic rings. The summed E-state index contributed by atoms with van der Waals surface area (Å²) in [6.07, 6.45) is 0. The number of nitrogens with zero attached hydrogens (tertiary/aromatic N) is 1. The number of esters is 1. The summed E-state index contributed by atoms with van der Waals surface area (Å²) in [5.41, 5.74) is 1.46. The predicted octanol–water partition coefficient (Wildman–Crippen LogP) is 4.32. The molecule has 0 amide bonds. The second-order valence-electron chi connectivity index (χ2n) is 3.61. The van der Waals surface area contributed by atoms with E-state index in [0.717, 1.165) is 0 Å². The minimum atomic E-state index is -0.474. The molecule has 0 fully saturated rings. The summed E-state index contributed by atoms with van der Waals surface area (Å²) in [6, 6.07) is 5.05. The number of rotatable bonds is 3. The summed E-state index contributed by atoms with van der Waals surface area (Å²) < 4.78 is 5.42. The third kappa shape index (κ3) is 2.94. The monoisotopic (exact) mass is 362 g/mol. The maximum atomic E-state index is 11.7. The standard InChI is InChI=1S/C12H9BrCl2N2O2/c1-2-19-12(18)11-9(13)10(16-17-11)7-4-3-6(14)5-8(7)15/h3-5H,2H2,1H3,(H,16,17). The van der Waals surface area contributed by atoms with Gasteiger partial charge in [-0.1, -0.05) is 23.2 Å². The highest BCUT2D eigenvalue weighted by atomic mass is 79.9. The van der Waals surface area contributed by atoms with E-state index >= 15 is 0 Å². The van der Waals surface area contributed by atoms with Crippen molar-refractivity contribution in [1.29, 1.82) is 0 Å². The molecule has 0 aliphatic carbocycles. The molecule has 0 aliphatic heterocycles. The lowest BCUT2D eigenvalue weighted by Gasteiger charge is -2.02. The Morgan fingerprint density at radius 1 is 1.47 bits per heavy atom. The van der Waals surface area contributed by atoms with Gasteiger partial charge in [-0.25, -0.2) is 4.79 Å². The number of nitrogens with one attached hydrogen (secondary N) is 1. The van der Waals surface area contributed by atoms with Crippen molar-refractivity contribution in [1.82, 2.24) is 10.2 Å². The number of ether oxygens (including phenoxy) is 1. The molecule has 0 atom stereocenters. The second kappa shape index (κ2) is 5.94. The Hall–Kier alpha value is -1.04. The van der Waals surface area contributed by atoms with E-state index in [9.17, 15) is 4.79 Å². The van der Waals surface area contributed by atoms with E-state index in [1.54, 1.807) is 25.1 Å². The SMILES string of the molecule is CCOC(=O)c1[nH]nc(-c2ccc(Cl)cc2Cl)c1Br. The second-order valence-corrected chi connectivity index (χ2v) is 5.24. The lowest BCUT2D eigenvalue weighted by molar-refractivity contribution is 0.0518. The molecule has 1 N–H and O–H groups in total. The van der Waals surface area contributed by atoms with Crippen LogP contribution in [0, 0.1) is 0 Å². The quantitative estimate of drug-likeness (QED) is 0.826. The predicted molar refractivity (Wildman–Crippen MR) is 77.7 cm³/mol. The van der Waals surface area contributed by atoms with Crippen LogP contribution in [0.2, 0.25) is 10.0 Å². The van der Waals surface area contributed by atoms with E-state index in [4.69, 9.17) is 27.9 Å². The van der Waals surface area contributed by atoms with Gasteiger partial charge in [-0.15, -0.1) is 0 Å². The zero-order chi connectivity index (χ0) is 14.0. The minimum Gasteiger partial charge on any atom is -0.461 e. The van der Waals surface area contributed by atoms with Gasteiger partial charge in [-0.05, 0) is 41.1 Å². The third-order valence-electron chi connectivity index (χ3n) is 2.37. The van der Waals surface area contributed by atoms with Gasteiger partial charge in [0.15, 0.2) is 5.69 Å². The average molecular weight is 364 g/mol. The summed E-state index contributed by atoms with van der Waals surface area (Å²) in [7, 11) is 0. The molecule has 1 heterocycles. The van der Waals surface area contributed by atoms with Crippen molar-refractivity contribution in [3.63, 3.8) is 0 Å². The molecule has 1 aromatic heterocycles. The first-order chi connectivity index (χ1) is 9.04. The normalized spacial score (nSPS) is 10.5. The number of H-pyrrole nitrogens is 1. The first-order valence-electron chi connectivity index (χ1n) is 5.41. The summed E-state index contributed by atoms with van der Waals surface area (Å²) >= 11 is 15.3. The highest BCUT2D eigenvalue weighted by molar-refractivity contribution is 9.10. The van der Waals surface area contributed by atoms with Crippen LogP contribution < -0.4 is 0 Å². The maximum Gasteiger partial charge on any atom is 0.357 e. The van der Waals surface area contributed by atoms with E-state index in [2.05, 4.69) is 26.1 Å². The maximum absolute atomic E-state index is 11.7. The number of halogens is 3. The van der Waals surface area contributed by atoms with Crippen LogP contribution in [-0.2, 0) is 4.74 Å². The highest BCUT2D eigenvalue weighted by Crippen LogP contribution is 2.35. The van der Waals surface area contributed by atoms with Crippen LogP contribution in [0.4, 0.5) is 0 Å². The lowest BCUT2D eigenvalue weighted by Crippen LogP contribution is -2.05. The number of hydrogen-bond donors (Lipinski definition) is 1. The molecule has 0 radical (unpaired) electrons. The Labute approximate surface area is 128 Å². The van der Waals surface area contributed by atoms with E-state index in [-0.39, 0.29) is 5.69 Å². The number of aromatic amines is 1. The van der Waals surface area contributed by atoms with Crippen LogP contribution in [0.1, 0.15) is 17.4 Å². The molecule has 0 bridgehead atoms. The summed E-state index contributed by atoms with van der Waals surface area (Å²) in [5.74, 6) is -0.474. The van der Waals surface area contributed by atoms with Gasteiger partial charge in [0.1, 0.15) is 5.69 Å². The molecule has 0 spiro atoms. The number of aromatic nitrogens is 2. The number of benzene rings is 1. The van der Waals surface area contributed by atoms with Gasteiger partial charge in [-0.3, -0.25) is 5.10 Å². The molecule has 0 unspecified atom stereocenters. The fourth-order valence-electron chi connectivity index (χ4n) is 1.53. The molecule has 100 valence electrons. The molecule has 7 heteroatoms. The fraction of sp³-hybridized carbons (Fsp3) is 0.167. The van der Waals surface area contributed by atoms with Crippen LogP contribution in [0.25, 0.3) is 11.3 Å². The smallest absolute Gasteiger partial charge is 0.357 e. The van der Waals surface area contributed by atoms with Gasteiger partial charge in [0, 0.05) is 10.6 Å². The van der Waals surface area contributed by atoms with Crippen LogP contribution in [0.15, 0.2) is 22.7 Å². The zero-order valence-corrected chi connectivity index (χ0v) is 12.9. The first-order valence-corrected chi connectivity index (χ1v) is 6.96. The molecule has 0 aliphatic rings. The van der Waals surface area contributed by atoms with Crippen LogP contribution in [0.3, 0.4) is 0 Å². The minimum absolute atomic E-state index is 0.253. The summed E-state index contributed by atoms with van der Waals surface area (Å²) in [4.78, 5) is 11.7. The Kier molecular flexibility index (Phi) is 4.50. The molecular formula is C12H9BrCl2N2O2. The van der Waals surface area contributed by atoms with Gasteiger partial charge in [-0.2, -0.15) is 5.10 Å². The van der Waals surface area contributed by atoms with E-state index < -0.39 is 5.97 Å². The van der Waals surface area contributed by atoms with E-state index in [1.165, 1.54) is 0 Å². The van der Waals surface area contributed by atoms with Crippen molar-refractivity contribution < 1.29 is 9.53 Å². The van der Waals surface area contributed by atoms with Gasteiger partial charge in [0.2, 0.25) is 0 Å². The first kappa shape index (κ1) is 14.4. The van der Waals surface area contributed by atoms with Crippen molar-refractivity contribution in [3.05, 3.63) is 38.4 Å². The lowest BCUT2D eigenvalue weighted by atomic mass is 10.1. The van der Waals surface area contributed by atoms with Crippen molar-refractivity contribution in [2.75, 3.05) is 6.61 Å². The van der Waals surface area contributed by atoms with Crippen LogP contribution in [0.5, 0.6) is 0 Å². The van der Waals surface area contributed by atoms with Crippen molar-refractivity contribution in [3.8, 4) is 11.3 Å². The molecule has 2 rings (SSSR count). The fourth-order valence-corrected chi connectivity index (χ4v) is 2.58. The molecular weight excluding hydrogens is 355 g/mol. The topological polar surface area (TPSA) is 55.0 Å². The molecule has 4 nitrogen and oxygen atoms in total. The zero-order valence-electron chi connectivity index (χ0n) is 9.84. The Morgan fingerprint density at radius 2 is 2.21 bits per heavy atom. The van der Waals surface area contributed by atoms with Crippen molar-refractivity contribution >= 4 is 45.1 Å². The van der Waals surface area contributed by atoms with Gasteiger partial charge in [0.25, 0.3) is 0 Å². The van der Waals surface area contributed by atoms with Gasteiger partial charge >= 0.3 is 5.97 Å². The average Bonchev–Trinajstić information content (AvgIpc) is 2.72. The van der Waals surface area contributed by atoms with Gasteiger partial charge < -0.3 is 4.74 Å². The molecule has 0 saturated carbocycles. The number of hydrogen-bond acceptors (Lipinski definition) is 3. The van der Waals surface area contributed by atoms with Crippen molar-refractivity contribution in [2.24, 2.45) is 0 Å². The van der Waals surface area contributed by atoms with E-state index in [1.807, 2.05) is 0 Å². The largest absolute Gasteiger partial charge is 0.461 e. The van der Waals surface area contributed by atoms with Crippen molar-refractivity contribution in [2.45, 2.75) is 6.92 Å².